The lowest BCUT2D eigenvalue weighted by atomic mass is 10.1. The average Bonchev–Trinajstić information content (AvgIpc) is 2.64. The van der Waals surface area contributed by atoms with Crippen LogP contribution in [-0.4, -0.2) is 13.0 Å². The van der Waals surface area contributed by atoms with E-state index in [1.807, 2.05) is 0 Å². The van der Waals surface area contributed by atoms with Crippen molar-refractivity contribution in [1.29, 1.82) is 0 Å². The molecule has 0 aliphatic carbocycles. The van der Waals surface area contributed by atoms with Gasteiger partial charge in [0.25, 0.3) is 10.1 Å². The van der Waals surface area contributed by atoms with Crippen molar-refractivity contribution in [2.75, 3.05) is 4.90 Å². The molecule has 3 rings (SSSR count). The summed E-state index contributed by atoms with van der Waals surface area (Å²) in [5, 5.41) is 0. The fraction of sp³-hybridized carbons (Fsp3) is 0.100. The summed E-state index contributed by atoms with van der Waals surface area (Å²) in [6.07, 6.45) is 0. The van der Waals surface area contributed by atoms with E-state index in [1.54, 1.807) is 41.3 Å². The molecule has 0 aliphatic rings. The van der Waals surface area contributed by atoms with Crippen molar-refractivity contribution in [3.8, 4) is 0 Å². The molecule has 0 bridgehead atoms. The molecule has 0 unspecified atom stereocenters. The molecule has 7 heteroatoms. The Bertz CT molecular complexity index is 990. The SMILES string of the molecule is O=S(=O)(O)c1ccc(N(Cc2ccccc2F)Cc2ccccc2F)cc1. The Morgan fingerprint density at radius 1 is 0.741 bits per heavy atom. The van der Waals surface area contributed by atoms with Crippen molar-refractivity contribution in [2.24, 2.45) is 0 Å². The van der Waals surface area contributed by atoms with Crippen molar-refractivity contribution in [1.82, 2.24) is 0 Å². The molecule has 0 spiro atoms. The zero-order valence-electron chi connectivity index (χ0n) is 14.2. The summed E-state index contributed by atoms with van der Waals surface area (Å²) in [6.45, 7) is 0.318. The molecule has 0 radical (unpaired) electrons. The van der Waals surface area contributed by atoms with Crippen LogP contribution in [0.4, 0.5) is 14.5 Å². The van der Waals surface area contributed by atoms with Crippen LogP contribution >= 0.6 is 0 Å². The molecule has 0 amide bonds. The maximum absolute atomic E-state index is 14.1. The summed E-state index contributed by atoms with van der Waals surface area (Å²) in [7, 11) is -4.32. The second-order valence-electron chi connectivity index (χ2n) is 6.01. The zero-order valence-corrected chi connectivity index (χ0v) is 15.0. The van der Waals surface area contributed by atoms with Crippen molar-refractivity contribution < 1.29 is 21.8 Å². The predicted octanol–water partition coefficient (Wildman–Crippen LogP) is 4.42. The van der Waals surface area contributed by atoms with E-state index in [-0.39, 0.29) is 29.6 Å². The first-order valence-electron chi connectivity index (χ1n) is 8.14. The Hall–Kier alpha value is -2.77. The van der Waals surface area contributed by atoms with E-state index in [0.717, 1.165) is 0 Å². The lowest BCUT2D eigenvalue weighted by Crippen LogP contribution is -2.23. The van der Waals surface area contributed by atoms with Crippen LogP contribution in [0.2, 0.25) is 0 Å². The van der Waals surface area contributed by atoms with Crippen LogP contribution in [0.3, 0.4) is 0 Å². The number of anilines is 1. The van der Waals surface area contributed by atoms with E-state index in [2.05, 4.69) is 0 Å². The van der Waals surface area contributed by atoms with Gasteiger partial charge >= 0.3 is 0 Å². The van der Waals surface area contributed by atoms with Crippen LogP contribution < -0.4 is 4.90 Å². The van der Waals surface area contributed by atoms with Gasteiger partial charge in [-0.25, -0.2) is 8.78 Å². The van der Waals surface area contributed by atoms with E-state index in [1.165, 1.54) is 36.4 Å². The lowest BCUT2D eigenvalue weighted by molar-refractivity contribution is 0.483. The smallest absolute Gasteiger partial charge is 0.294 e. The third kappa shape index (κ3) is 4.69. The number of benzene rings is 3. The van der Waals surface area contributed by atoms with Crippen LogP contribution in [0.15, 0.2) is 77.7 Å². The standard InChI is InChI=1S/C20H17F2NO3S/c21-19-7-3-1-5-15(19)13-23(14-16-6-2-4-8-20(16)22)17-9-11-18(12-10-17)27(24,25)26/h1-12H,13-14H2,(H,24,25,26). The maximum Gasteiger partial charge on any atom is 0.294 e. The van der Waals surface area contributed by atoms with E-state index in [9.17, 15) is 17.2 Å². The van der Waals surface area contributed by atoms with E-state index in [4.69, 9.17) is 4.55 Å². The highest BCUT2D eigenvalue weighted by molar-refractivity contribution is 7.85. The fourth-order valence-corrected chi connectivity index (χ4v) is 3.21. The van der Waals surface area contributed by atoms with Gasteiger partial charge in [0.2, 0.25) is 0 Å². The van der Waals surface area contributed by atoms with Gasteiger partial charge in [0, 0.05) is 29.9 Å². The Balaban J connectivity index is 1.96. The molecule has 1 N–H and O–H groups in total. The first-order valence-corrected chi connectivity index (χ1v) is 9.58. The van der Waals surface area contributed by atoms with Gasteiger partial charge in [-0.3, -0.25) is 4.55 Å². The second kappa shape index (κ2) is 7.85. The van der Waals surface area contributed by atoms with Crippen molar-refractivity contribution in [2.45, 2.75) is 18.0 Å². The minimum absolute atomic E-state index is 0.159. The molecule has 0 heterocycles. The summed E-state index contributed by atoms with van der Waals surface area (Å²) in [5.74, 6) is -0.767. The Morgan fingerprint density at radius 2 is 1.19 bits per heavy atom. The lowest BCUT2D eigenvalue weighted by Gasteiger charge is -2.26. The molecule has 0 aliphatic heterocycles. The van der Waals surface area contributed by atoms with Crippen LogP contribution in [0.1, 0.15) is 11.1 Å². The number of hydrogen-bond donors (Lipinski definition) is 1. The van der Waals surface area contributed by atoms with E-state index < -0.39 is 10.1 Å². The van der Waals surface area contributed by atoms with Crippen LogP contribution in [0, 0.1) is 11.6 Å². The minimum atomic E-state index is -4.32. The molecular formula is C20H17F2NO3S. The molecule has 140 valence electrons. The number of hydrogen-bond acceptors (Lipinski definition) is 3. The summed E-state index contributed by atoms with van der Waals surface area (Å²) in [5.41, 5.74) is 1.41. The van der Waals surface area contributed by atoms with Gasteiger partial charge in [0.15, 0.2) is 0 Å². The molecular weight excluding hydrogens is 372 g/mol. The molecule has 0 fully saturated rings. The monoisotopic (exact) mass is 389 g/mol. The second-order valence-corrected chi connectivity index (χ2v) is 7.43. The topological polar surface area (TPSA) is 57.6 Å². The quantitative estimate of drug-likeness (QED) is 0.634. The molecule has 4 nitrogen and oxygen atoms in total. The Morgan fingerprint density at radius 3 is 1.59 bits per heavy atom. The first-order chi connectivity index (χ1) is 12.8. The maximum atomic E-state index is 14.1. The van der Waals surface area contributed by atoms with Crippen LogP contribution in [-0.2, 0) is 23.2 Å². The molecule has 27 heavy (non-hydrogen) atoms. The molecule has 0 saturated heterocycles. The third-order valence-corrected chi connectivity index (χ3v) is 5.01. The van der Waals surface area contributed by atoms with Gasteiger partial charge in [-0.1, -0.05) is 36.4 Å². The van der Waals surface area contributed by atoms with Gasteiger partial charge in [0.05, 0.1) is 4.90 Å². The summed E-state index contributed by atoms with van der Waals surface area (Å²) < 4.78 is 59.8. The van der Waals surface area contributed by atoms with Gasteiger partial charge in [-0.2, -0.15) is 8.42 Å². The summed E-state index contributed by atoms with van der Waals surface area (Å²) in [6, 6.07) is 18.0. The number of nitrogens with zero attached hydrogens (tertiary/aromatic N) is 1. The largest absolute Gasteiger partial charge is 0.363 e. The van der Waals surface area contributed by atoms with Gasteiger partial charge < -0.3 is 4.90 Å². The minimum Gasteiger partial charge on any atom is -0.363 e. The van der Waals surface area contributed by atoms with Gasteiger partial charge in [0.1, 0.15) is 11.6 Å². The highest BCUT2D eigenvalue weighted by Gasteiger charge is 2.15. The van der Waals surface area contributed by atoms with E-state index in [0.29, 0.717) is 16.8 Å². The number of rotatable bonds is 6. The zero-order chi connectivity index (χ0) is 19.4. The molecule has 0 aromatic heterocycles. The predicted molar refractivity (Wildman–Crippen MR) is 98.9 cm³/mol. The normalized spacial score (nSPS) is 11.4. The molecule has 3 aromatic carbocycles. The molecule has 0 atom stereocenters. The first kappa shape index (κ1) is 19.0. The average molecular weight is 389 g/mol. The third-order valence-electron chi connectivity index (χ3n) is 4.14. The summed E-state index contributed by atoms with van der Waals surface area (Å²) >= 11 is 0. The highest BCUT2D eigenvalue weighted by atomic mass is 32.2. The van der Waals surface area contributed by atoms with Gasteiger partial charge in [-0.15, -0.1) is 0 Å². The van der Waals surface area contributed by atoms with Crippen LogP contribution in [0.5, 0.6) is 0 Å². The van der Waals surface area contributed by atoms with Crippen LogP contribution in [0.25, 0.3) is 0 Å². The molecule has 0 saturated carbocycles. The number of halogens is 2. The van der Waals surface area contributed by atoms with Gasteiger partial charge in [-0.05, 0) is 36.4 Å². The van der Waals surface area contributed by atoms with Crippen molar-refractivity contribution in [3.63, 3.8) is 0 Å². The highest BCUT2D eigenvalue weighted by Crippen LogP contribution is 2.24. The molecule has 3 aromatic rings. The van der Waals surface area contributed by atoms with E-state index >= 15 is 0 Å². The Labute approximate surface area is 156 Å². The fourth-order valence-electron chi connectivity index (χ4n) is 2.73. The van der Waals surface area contributed by atoms with Crippen molar-refractivity contribution >= 4 is 15.8 Å². The summed E-state index contributed by atoms with van der Waals surface area (Å²) in [4.78, 5) is 1.48. The van der Waals surface area contributed by atoms with Crippen molar-refractivity contribution in [3.05, 3.63) is 95.6 Å². The Kier molecular flexibility index (Phi) is 5.53.